The fourth-order valence-corrected chi connectivity index (χ4v) is 4.29. The molecule has 2 aromatic heterocycles. The molecule has 0 spiro atoms. The fraction of sp³-hybridized carbons (Fsp3) is 0.250. The number of fused-ring (bicyclic) bond motifs is 2. The van der Waals surface area contributed by atoms with Gasteiger partial charge >= 0.3 is 0 Å². The summed E-state index contributed by atoms with van der Waals surface area (Å²) in [6.07, 6.45) is 2.07. The highest BCUT2D eigenvalue weighted by Gasteiger charge is 2.19. The number of aliphatic hydroxyl groups excluding tert-OH is 1. The molecular weight excluding hydrogens is 378 g/mol. The second kappa shape index (κ2) is 9.35. The van der Waals surface area contributed by atoms with Crippen molar-refractivity contribution in [3.63, 3.8) is 0 Å². The highest BCUT2D eigenvalue weighted by atomic mass is 32.2. The summed E-state index contributed by atoms with van der Waals surface area (Å²) in [6, 6.07) is 24.8. The number of hydrogen-bond acceptors (Lipinski definition) is 5. The van der Waals surface area contributed by atoms with Crippen LogP contribution in [0.4, 0.5) is 0 Å². The Morgan fingerprint density at radius 1 is 0.793 bits per heavy atom. The van der Waals surface area contributed by atoms with E-state index >= 15 is 0 Å². The van der Waals surface area contributed by atoms with Crippen LogP contribution in [0, 0.1) is 0 Å². The highest BCUT2D eigenvalue weighted by Crippen LogP contribution is 2.19. The van der Waals surface area contributed by atoms with Gasteiger partial charge in [-0.3, -0.25) is 14.9 Å². The lowest BCUT2D eigenvalue weighted by molar-refractivity contribution is 0.122. The fourth-order valence-electron chi connectivity index (χ4n) is 3.59. The van der Waals surface area contributed by atoms with Crippen LogP contribution >= 0.6 is 11.8 Å². The van der Waals surface area contributed by atoms with Crippen LogP contribution in [0.15, 0.2) is 72.8 Å². The van der Waals surface area contributed by atoms with E-state index in [9.17, 15) is 5.11 Å². The minimum atomic E-state index is 0.0477. The van der Waals surface area contributed by atoms with E-state index in [0.29, 0.717) is 13.1 Å². The molecule has 2 heterocycles. The summed E-state index contributed by atoms with van der Waals surface area (Å²) in [7, 11) is 0. The molecule has 0 aliphatic rings. The number of rotatable bonds is 8. The predicted molar refractivity (Wildman–Crippen MR) is 122 cm³/mol. The van der Waals surface area contributed by atoms with Gasteiger partial charge in [0, 0.05) is 35.7 Å². The molecule has 0 fully saturated rings. The minimum Gasteiger partial charge on any atom is -0.395 e. The quantitative estimate of drug-likeness (QED) is 0.469. The first-order valence-electron chi connectivity index (χ1n) is 9.80. The largest absolute Gasteiger partial charge is 0.395 e. The molecule has 4 rings (SSSR count). The third kappa shape index (κ3) is 4.75. The summed E-state index contributed by atoms with van der Waals surface area (Å²) in [5, 5.41) is 12.3. The number of nitrogens with zero attached hydrogens (tertiary/aromatic N) is 3. The van der Waals surface area contributed by atoms with Gasteiger partial charge in [0.2, 0.25) is 0 Å². The third-order valence-corrected chi connectivity index (χ3v) is 5.85. The Morgan fingerprint density at radius 2 is 1.31 bits per heavy atom. The number of aromatic nitrogens is 2. The third-order valence-electron chi connectivity index (χ3n) is 5.13. The van der Waals surface area contributed by atoms with Gasteiger partial charge in [-0.15, -0.1) is 0 Å². The van der Waals surface area contributed by atoms with E-state index in [0.717, 1.165) is 38.9 Å². The molecule has 29 heavy (non-hydrogen) atoms. The van der Waals surface area contributed by atoms with Crippen molar-refractivity contribution in [2.24, 2.45) is 0 Å². The van der Waals surface area contributed by atoms with Crippen LogP contribution in [-0.2, 0) is 13.1 Å². The standard InChI is InChI=1S/C24H25N3OS/c1-29-17-22(16-28)27(14-20-12-10-18-6-2-4-8-23(18)25-20)15-21-13-11-19-7-3-5-9-24(19)26-21/h2-13,22,28H,14-17H2,1H3. The predicted octanol–water partition coefficient (Wildman–Crippen LogP) is 4.51. The first kappa shape index (κ1) is 19.8. The molecule has 0 radical (unpaired) electrons. The number of benzene rings is 2. The summed E-state index contributed by atoms with van der Waals surface area (Å²) in [5.41, 5.74) is 4.01. The molecule has 0 aliphatic heterocycles. The summed E-state index contributed by atoms with van der Waals surface area (Å²) in [4.78, 5) is 11.9. The van der Waals surface area contributed by atoms with E-state index in [-0.39, 0.29) is 12.6 Å². The molecular formula is C24H25N3OS. The number of aliphatic hydroxyl groups is 1. The zero-order valence-corrected chi connectivity index (χ0v) is 17.3. The van der Waals surface area contributed by atoms with Gasteiger partial charge < -0.3 is 5.11 Å². The zero-order valence-electron chi connectivity index (χ0n) is 16.5. The van der Waals surface area contributed by atoms with Gasteiger partial charge in [0.05, 0.1) is 29.0 Å². The molecule has 0 bridgehead atoms. The van der Waals surface area contributed by atoms with E-state index in [1.54, 1.807) is 11.8 Å². The van der Waals surface area contributed by atoms with Crippen molar-refractivity contribution in [3.05, 3.63) is 84.2 Å². The lowest BCUT2D eigenvalue weighted by atomic mass is 10.1. The molecule has 2 aromatic carbocycles. The van der Waals surface area contributed by atoms with Crippen LogP contribution in [0.25, 0.3) is 21.8 Å². The van der Waals surface area contributed by atoms with Gasteiger partial charge in [-0.2, -0.15) is 11.8 Å². The smallest absolute Gasteiger partial charge is 0.0705 e. The topological polar surface area (TPSA) is 49.2 Å². The van der Waals surface area contributed by atoms with Crippen LogP contribution in [0.2, 0.25) is 0 Å². The summed E-state index contributed by atoms with van der Waals surface area (Å²) in [5.74, 6) is 0.859. The summed E-state index contributed by atoms with van der Waals surface area (Å²) < 4.78 is 0. The Morgan fingerprint density at radius 3 is 1.79 bits per heavy atom. The Kier molecular flexibility index (Phi) is 6.39. The van der Waals surface area contributed by atoms with Crippen molar-refractivity contribution in [2.45, 2.75) is 19.1 Å². The summed E-state index contributed by atoms with van der Waals surface area (Å²) in [6.45, 7) is 1.46. The van der Waals surface area contributed by atoms with Gasteiger partial charge in [0.1, 0.15) is 0 Å². The Hall–Kier alpha value is -2.47. The van der Waals surface area contributed by atoms with Crippen LogP contribution in [0.3, 0.4) is 0 Å². The lowest BCUT2D eigenvalue weighted by Gasteiger charge is -2.29. The summed E-state index contributed by atoms with van der Waals surface area (Å²) >= 11 is 1.75. The van der Waals surface area contributed by atoms with Crippen molar-refractivity contribution in [1.29, 1.82) is 0 Å². The molecule has 5 heteroatoms. The van der Waals surface area contributed by atoms with E-state index in [2.05, 4.69) is 47.6 Å². The number of hydrogen-bond donors (Lipinski definition) is 1. The van der Waals surface area contributed by atoms with Crippen molar-refractivity contribution in [3.8, 4) is 0 Å². The number of para-hydroxylation sites is 2. The first-order valence-corrected chi connectivity index (χ1v) is 11.2. The van der Waals surface area contributed by atoms with Crippen LogP contribution in [0.1, 0.15) is 11.4 Å². The van der Waals surface area contributed by atoms with E-state index in [4.69, 9.17) is 9.97 Å². The Labute approximate surface area is 175 Å². The minimum absolute atomic E-state index is 0.0477. The average Bonchev–Trinajstić information content (AvgIpc) is 2.77. The van der Waals surface area contributed by atoms with Crippen molar-refractivity contribution < 1.29 is 5.11 Å². The lowest BCUT2D eigenvalue weighted by Crippen LogP contribution is -2.39. The van der Waals surface area contributed by atoms with E-state index in [1.165, 1.54) is 0 Å². The molecule has 1 N–H and O–H groups in total. The van der Waals surface area contributed by atoms with Crippen LogP contribution < -0.4 is 0 Å². The van der Waals surface area contributed by atoms with Gasteiger partial charge in [0.25, 0.3) is 0 Å². The molecule has 0 amide bonds. The zero-order chi connectivity index (χ0) is 20.1. The SMILES string of the molecule is CSCC(CO)N(Cc1ccc2ccccc2n1)Cc1ccc2ccccc2n1. The van der Waals surface area contributed by atoms with Crippen LogP contribution in [0.5, 0.6) is 0 Å². The van der Waals surface area contributed by atoms with Crippen molar-refractivity contribution >= 4 is 33.6 Å². The molecule has 148 valence electrons. The van der Waals surface area contributed by atoms with E-state index < -0.39 is 0 Å². The van der Waals surface area contributed by atoms with Crippen LogP contribution in [-0.4, -0.2) is 44.6 Å². The molecule has 4 nitrogen and oxygen atoms in total. The monoisotopic (exact) mass is 403 g/mol. The maximum absolute atomic E-state index is 10.0. The first-order chi connectivity index (χ1) is 14.3. The highest BCUT2D eigenvalue weighted by molar-refractivity contribution is 7.98. The Bertz CT molecular complexity index is 1020. The molecule has 0 aliphatic carbocycles. The molecule has 4 aromatic rings. The maximum Gasteiger partial charge on any atom is 0.0705 e. The van der Waals surface area contributed by atoms with E-state index in [1.807, 2.05) is 36.4 Å². The van der Waals surface area contributed by atoms with Crippen molar-refractivity contribution in [2.75, 3.05) is 18.6 Å². The molecule has 1 unspecified atom stereocenters. The van der Waals surface area contributed by atoms with Gasteiger partial charge in [-0.05, 0) is 30.5 Å². The van der Waals surface area contributed by atoms with Gasteiger partial charge in [-0.25, -0.2) is 0 Å². The number of thioether (sulfide) groups is 1. The second-order valence-corrected chi connectivity index (χ2v) is 8.10. The molecule has 1 atom stereocenters. The Balaban J connectivity index is 1.62. The van der Waals surface area contributed by atoms with Gasteiger partial charge in [-0.1, -0.05) is 48.5 Å². The average molecular weight is 404 g/mol. The second-order valence-electron chi connectivity index (χ2n) is 7.19. The van der Waals surface area contributed by atoms with Crippen molar-refractivity contribution in [1.82, 2.24) is 14.9 Å². The van der Waals surface area contributed by atoms with Gasteiger partial charge in [0.15, 0.2) is 0 Å². The molecule has 0 saturated heterocycles. The number of pyridine rings is 2. The normalized spacial score (nSPS) is 12.7. The maximum atomic E-state index is 10.0. The molecule has 0 saturated carbocycles.